The number of carbonyl (C=O) groups is 2. The second-order valence-corrected chi connectivity index (χ2v) is 7.11. The number of amides is 1. The molecule has 20 heavy (non-hydrogen) atoms. The molecule has 1 aliphatic heterocycles. The molecule has 1 heterocycles. The van der Waals surface area contributed by atoms with Crippen LogP contribution in [0.25, 0.3) is 0 Å². The van der Waals surface area contributed by atoms with E-state index in [1.165, 1.54) is 0 Å². The molecule has 0 aromatic rings. The van der Waals surface area contributed by atoms with Crippen LogP contribution in [0, 0.1) is 5.92 Å². The monoisotopic (exact) mass is 307 g/mol. The Balaban J connectivity index is 3.34. The predicted octanol–water partition coefficient (Wildman–Crippen LogP) is 0.640. The molecule has 0 saturated carbocycles. The van der Waals surface area contributed by atoms with Gasteiger partial charge in [-0.3, -0.25) is 9.69 Å². The van der Waals surface area contributed by atoms with Gasteiger partial charge in [-0.15, -0.1) is 0 Å². The minimum atomic E-state index is -3.74. The van der Waals surface area contributed by atoms with Crippen LogP contribution in [0.3, 0.4) is 0 Å². The Hall–Kier alpha value is -1.44. The molecule has 114 valence electrons. The Morgan fingerprint density at radius 3 is 2.20 bits per heavy atom. The molecule has 0 bridgehead atoms. The number of likely N-dealkylation sites (tertiary alicyclic amines) is 1. The molecule has 0 aromatic heterocycles. The van der Waals surface area contributed by atoms with Gasteiger partial charge in [-0.2, -0.15) is 0 Å². The number of methoxy groups -OCH3 is 1. The Kier molecular flexibility index (Phi) is 4.58. The molecule has 0 aliphatic carbocycles. The predicted molar refractivity (Wildman–Crippen MR) is 69.9 cm³/mol. The number of allylic oxidation sites excluding steroid dienone is 1. The molecule has 0 spiro atoms. The van der Waals surface area contributed by atoms with Crippen molar-refractivity contribution in [2.75, 3.05) is 13.4 Å². The van der Waals surface area contributed by atoms with Crippen molar-refractivity contribution in [2.24, 2.45) is 5.92 Å². The summed E-state index contributed by atoms with van der Waals surface area (Å²) >= 11 is 0. The van der Waals surface area contributed by atoms with Crippen molar-refractivity contribution in [1.82, 2.24) is 4.90 Å². The molecular weight excluding hydrogens is 289 g/mol. The smallest absolute Gasteiger partial charge is 0.354 e. The summed E-state index contributed by atoms with van der Waals surface area (Å²) in [6, 6.07) is 0. The van der Waals surface area contributed by atoms with Crippen LogP contribution in [-0.2, 0) is 24.2 Å². The van der Waals surface area contributed by atoms with Gasteiger partial charge in [-0.05, 0) is 26.3 Å². The highest BCUT2D eigenvalue weighted by atomic mass is 32.2. The van der Waals surface area contributed by atoms with Gasteiger partial charge >= 0.3 is 5.97 Å². The summed E-state index contributed by atoms with van der Waals surface area (Å²) in [5.41, 5.74) is 0.272. The van der Waals surface area contributed by atoms with Gasteiger partial charge in [0.1, 0.15) is 17.8 Å². The van der Waals surface area contributed by atoms with Gasteiger partial charge in [-0.25, -0.2) is 17.6 Å². The summed E-state index contributed by atoms with van der Waals surface area (Å²) in [6.07, 6.45) is -0.707. The van der Waals surface area contributed by atoms with Crippen LogP contribution in [-0.4, -0.2) is 50.1 Å². The van der Waals surface area contributed by atoms with Crippen LogP contribution in [0.2, 0.25) is 0 Å². The average Bonchev–Trinajstić information content (AvgIpc) is 2.28. The first-order chi connectivity index (χ1) is 9.03. The normalized spacial score (nSPS) is 23.9. The van der Waals surface area contributed by atoms with Gasteiger partial charge in [0.05, 0.1) is 7.11 Å². The van der Waals surface area contributed by atoms with E-state index in [4.69, 9.17) is 0 Å². The second kappa shape index (κ2) is 5.51. The molecule has 1 rings (SSSR count). The minimum absolute atomic E-state index is 0.148. The number of hydrogen-bond acceptors (Lipinski definition) is 5. The van der Waals surface area contributed by atoms with E-state index in [9.17, 15) is 22.4 Å². The molecule has 0 radical (unpaired) electrons. The van der Waals surface area contributed by atoms with E-state index in [0.717, 1.165) is 25.2 Å². The Morgan fingerprint density at radius 2 is 1.90 bits per heavy atom. The molecule has 1 fully saturated rings. The zero-order valence-corrected chi connectivity index (χ0v) is 12.8. The molecule has 3 atom stereocenters. The van der Waals surface area contributed by atoms with Crippen molar-refractivity contribution < 1.29 is 27.1 Å². The number of ether oxygens (including phenoxy) is 1. The van der Waals surface area contributed by atoms with Crippen LogP contribution in [0.5, 0.6) is 0 Å². The van der Waals surface area contributed by atoms with E-state index in [1.807, 2.05) is 0 Å². The van der Waals surface area contributed by atoms with Crippen molar-refractivity contribution in [2.45, 2.75) is 32.3 Å². The largest absolute Gasteiger partial charge is 0.464 e. The van der Waals surface area contributed by atoms with Crippen molar-refractivity contribution in [3.05, 3.63) is 11.3 Å². The summed E-state index contributed by atoms with van der Waals surface area (Å²) in [4.78, 5) is 24.5. The number of nitrogens with zero attached hydrogens (tertiary/aromatic N) is 1. The molecule has 1 amide bonds. The fourth-order valence-electron chi connectivity index (χ4n) is 2.25. The summed E-state index contributed by atoms with van der Waals surface area (Å²) in [5.74, 6) is -2.84. The van der Waals surface area contributed by atoms with Gasteiger partial charge in [-0.1, -0.05) is 0 Å². The third-order valence-electron chi connectivity index (χ3n) is 3.11. The minimum Gasteiger partial charge on any atom is -0.464 e. The lowest BCUT2D eigenvalue weighted by atomic mass is 9.92. The third-order valence-corrected chi connectivity index (χ3v) is 4.49. The summed E-state index contributed by atoms with van der Waals surface area (Å²) < 4.78 is 41.6. The maximum atomic E-state index is 13.5. The maximum absolute atomic E-state index is 13.5. The first-order valence-corrected chi connectivity index (χ1v) is 7.91. The molecule has 1 saturated heterocycles. The highest BCUT2D eigenvalue weighted by molar-refractivity contribution is 7.91. The second-order valence-electron chi connectivity index (χ2n) is 4.97. The van der Waals surface area contributed by atoms with Crippen LogP contribution < -0.4 is 0 Å². The molecule has 8 heteroatoms. The van der Waals surface area contributed by atoms with Crippen molar-refractivity contribution >= 4 is 21.7 Å². The van der Waals surface area contributed by atoms with E-state index in [1.54, 1.807) is 13.8 Å². The Labute approximate surface area is 117 Å². The zero-order valence-electron chi connectivity index (χ0n) is 12.0. The van der Waals surface area contributed by atoms with Gasteiger partial charge in [0, 0.05) is 6.26 Å². The first-order valence-electron chi connectivity index (χ1n) is 5.95. The Morgan fingerprint density at radius 1 is 1.40 bits per heavy atom. The first kappa shape index (κ1) is 16.6. The van der Waals surface area contributed by atoms with E-state index in [-0.39, 0.29) is 5.70 Å². The molecular formula is C12H18FNO5S. The molecule has 0 aromatic carbocycles. The number of carbonyl (C=O) groups excluding carboxylic acids is 2. The summed E-state index contributed by atoms with van der Waals surface area (Å²) in [5, 5.41) is -1.38. The van der Waals surface area contributed by atoms with Crippen molar-refractivity contribution in [1.29, 1.82) is 0 Å². The summed E-state index contributed by atoms with van der Waals surface area (Å²) in [6.45, 7) is 4.22. The van der Waals surface area contributed by atoms with Gasteiger partial charge < -0.3 is 4.74 Å². The standard InChI is InChI=1S/C12H18FNO5S/c1-6(2)9(12(16)19-4)14-10(15)8(7(3)13)11(14)20(5,17)18/h7-8,11H,1-5H3/t7-,8+,11+/m1/s1. The number of hydrogen-bond donors (Lipinski definition) is 0. The van der Waals surface area contributed by atoms with Crippen molar-refractivity contribution in [3.63, 3.8) is 0 Å². The third kappa shape index (κ3) is 2.70. The number of rotatable bonds is 4. The van der Waals surface area contributed by atoms with Crippen LogP contribution >= 0.6 is 0 Å². The highest BCUT2D eigenvalue weighted by Crippen LogP contribution is 2.38. The maximum Gasteiger partial charge on any atom is 0.354 e. The quantitative estimate of drug-likeness (QED) is 0.432. The summed E-state index contributed by atoms with van der Waals surface area (Å²) in [7, 11) is -2.61. The van der Waals surface area contributed by atoms with Crippen LogP contribution in [0.15, 0.2) is 11.3 Å². The fraction of sp³-hybridized carbons (Fsp3) is 0.667. The Bertz CT molecular complexity index is 562. The fourth-order valence-corrected chi connectivity index (χ4v) is 3.70. The van der Waals surface area contributed by atoms with Crippen LogP contribution in [0.1, 0.15) is 20.8 Å². The van der Waals surface area contributed by atoms with E-state index in [2.05, 4.69) is 4.74 Å². The van der Waals surface area contributed by atoms with E-state index in [0.29, 0.717) is 5.57 Å². The lowest BCUT2D eigenvalue weighted by Gasteiger charge is -2.46. The number of sulfone groups is 1. The molecule has 0 unspecified atom stereocenters. The molecule has 1 aliphatic rings. The van der Waals surface area contributed by atoms with Gasteiger partial charge in [0.2, 0.25) is 5.91 Å². The SMILES string of the molecule is COC(=O)C(=C(C)C)N1C(=O)[C@H]([C@@H](C)F)[C@@H]1S(C)(=O)=O. The number of esters is 1. The number of alkyl halides is 1. The van der Waals surface area contributed by atoms with Crippen LogP contribution in [0.4, 0.5) is 4.39 Å². The lowest BCUT2D eigenvalue weighted by molar-refractivity contribution is -0.156. The molecule has 0 N–H and O–H groups in total. The van der Waals surface area contributed by atoms with Gasteiger partial charge in [0.25, 0.3) is 0 Å². The molecule has 6 nitrogen and oxygen atoms in total. The zero-order chi connectivity index (χ0) is 15.8. The number of β-lactam (4-membered cyclic amide) rings is 1. The number of halogens is 1. The lowest BCUT2D eigenvalue weighted by Crippen LogP contribution is -2.66. The van der Waals surface area contributed by atoms with Gasteiger partial charge in [0.15, 0.2) is 15.2 Å². The van der Waals surface area contributed by atoms with E-state index >= 15 is 0 Å². The topological polar surface area (TPSA) is 80.8 Å². The average molecular weight is 307 g/mol. The van der Waals surface area contributed by atoms with Crippen molar-refractivity contribution in [3.8, 4) is 0 Å². The highest BCUT2D eigenvalue weighted by Gasteiger charge is 2.58. The van der Waals surface area contributed by atoms with E-state index < -0.39 is 39.2 Å².